The van der Waals surface area contributed by atoms with Crippen LogP contribution in [-0.2, 0) is 10.0 Å². The van der Waals surface area contributed by atoms with Gasteiger partial charge >= 0.3 is 0 Å². The summed E-state index contributed by atoms with van der Waals surface area (Å²) in [4.78, 5) is 12.7. The smallest absolute Gasteiger partial charge is 0.256 e. The summed E-state index contributed by atoms with van der Waals surface area (Å²) in [7, 11) is 0.852. The topological polar surface area (TPSA) is 75.7 Å². The SMILES string of the molecule is COc1ccc(Br)c(C(=O)Nc2ccc(C)c(S(=O)(=O)N(C)C)c2)c1. The van der Waals surface area contributed by atoms with Gasteiger partial charge in [0.05, 0.1) is 17.6 Å². The molecule has 0 bridgehead atoms. The van der Waals surface area contributed by atoms with Crippen LogP contribution in [0.15, 0.2) is 45.8 Å². The van der Waals surface area contributed by atoms with E-state index in [4.69, 9.17) is 4.74 Å². The number of sulfonamides is 1. The van der Waals surface area contributed by atoms with E-state index in [9.17, 15) is 13.2 Å². The van der Waals surface area contributed by atoms with E-state index < -0.39 is 10.0 Å². The first-order valence-corrected chi connectivity index (χ1v) is 9.58. The van der Waals surface area contributed by atoms with Gasteiger partial charge in [0, 0.05) is 24.3 Å². The standard InChI is InChI=1S/C17H19BrN2O4S/c1-11-5-6-12(9-16(11)25(22,23)20(2)3)19-17(21)14-10-13(24-4)7-8-15(14)18/h5-10H,1-4H3,(H,19,21). The fourth-order valence-corrected chi connectivity index (χ4v) is 3.73. The number of carbonyl (C=O) groups excluding carboxylic acids is 1. The number of amides is 1. The molecule has 2 aromatic carbocycles. The number of rotatable bonds is 5. The Morgan fingerprint density at radius 1 is 1.16 bits per heavy atom. The first-order chi connectivity index (χ1) is 11.7. The zero-order chi connectivity index (χ0) is 18.8. The van der Waals surface area contributed by atoms with Crippen molar-refractivity contribution in [1.82, 2.24) is 4.31 Å². The van der Waals surface area contributed by atoms with Crippen molar-refractivity contribution >= 4 is 37.5 Å². The van der Waals surface area contributed by atoms with Gasteiger partial charge in [-0.25, -0.2) is 12.7 Å². The van der Waals surface area contributed by atoms with Gasteiger partial charge in [-0.15, -0.1) is 0 Å². The lowest BCUT2D eigenvalue weighted by Gasteiger charge is -2.15. The summed E-state index contributed by atoms with van der Waals surface area (Å²) in [5.74, 6) is 0.177. The van der Waals surface area contributed by atoms with Crippen LogP contribution in [0.2, 0.25) is 0 Å². The van der Waals surface area contributed by atoms with Gasteiger partial charge in [0.2, 0.25) is 10.0 Å². The van der Waals surface area contributed by atoms with Crippen molar-refractivity contribution in [2.45, 2.75) is 11.8 Å². The van der Waals surface area contributed by atoms with Crippen LogP contribution in [0.5, 0.6) is 5.75 Å². The first-order valence-electron chi connectivity index (χ1n) is 7.35. The second kappa shape index (κ2) is 7.55. The van der Waals surface area contributed by atoms with Crippen LogP contribution >= 0.6 is 15.9 Å². The predicted octanol–water partition coefficient (Wildman–Crippen LogP) is 3.27. The lowest BCUT2D eigenvalue weighted by atomic mass is 10.2. The molecule has 0 saturated carbocycles. The number of anilines is 1. The molecule has 0 saturated heterocycles. The molecular weight excluding hydrogens is 408 g/mol. The van der Waals surface area contributed by atoms with E-state index in [2.05, 4.69) is 21.2 Å². The Morgan fingerprint density at radius 2 is 1.84 bits per heavy atom. The molecule has 0 fully saturated rings. The third-order valence-electron chi connectivity index (χ3n) is 3.62. The van der Waals surface area contributed by atoms with Crippen molar-refractivity contribution in [3.63, 3.8) is 0 Å². The third-order valence-corrected chi connectivity index (χ3v) is 6.27. The number of benzene rings is 2. The summed E-state index contributed by atoms with van der Waals surface area (Å²) < 4.78 is 31.7. The molecule has 0 spiro atoms. The summed E-state index contributed by atoms with van der Waals surface area (Å²) in [6.07, 6.45) is 0. The van der Waals surface area contributed by atoms with Crippen LogP contribution in [0.4, 0.5) is 5.69 Å². The van der Waals surface area contributed by atoms with Crippen LogP contribution in [-0.4, -0.2) is 39.8 Å². The highest BCUT2D eigenvalue weighted by Crippen LogP contribution is 2.26. The average Bonchev–Trinajstić information content (AvgIpc) is 2.56. The summed E-state index contributed by atoms with van der Waals surface area (Å²) in [5, 5.41) is 2.72. The minimum Gasteiger partial charge on any atom is -0.497 e. The van der Waals surface area contributed by atoms with E-state index in [1.165, 1.54) is 27.3 Å². The van der Waals surface area contributed by atoms with E-state index in [0.29, 0.717) is 27.0 Å². The number of aryl methyl sites for hydroxylation is 1. The highest BCUT2D eigenvalue weighted by Gasteiger charge is 2.21. The molecule has 2 aromatic rings. The molecule has 6 nitrogen and oxygen atoms in total. The maximum Gasteiger partial charge on any atom is 0.256 e. The minimum absolute atomic E-state index is 0.153. The maximum atomic E-state index is 12.5. The molecule has 0 unspecified atom stereocenters. The van der Waals surface area contributed by atoms with Crippen LogP contribution in [0.3, 0.4) is 0 Å². The largest absolute Gasteiger partial charge is 0.497 e. The zero-order valence-electron chi connectivity index (χ0n) is 14.3. The molecule has 0 aliphatic heterocycles. The summed E-state index contributed by atoms with van der Waals surface area (Å²) in [6.45, 7) is 1.71. The lowest BCUT2D eigenvalue weighted by Crippen LogP contribution is -2.23. The van der Waals surface area contributed by atoms with Crippen molar-refractivity contribution in [2.75, 3.05) is 26.5 Å². The molecule has 0 radical (unpaired) electrons. The van der Waals surface area contributed by atoms with E-state index in [1.807, 2.05) is 0 Å². The lowest BCUT2D eigenvalue weighted by molar-refractivity contribution is 0.102. The molecule has 134 valence electrons. The van der Waals surface area contributed by atoms with Gasteiger partial charge in [-0.1, -0.05) is 6.07 Å². The van der Waals surface area contributed by atoms with E-state index >= 15 is 0 Å². The first kappa shape index (κ1) is 19.4. The molecule has 0 aromatic heterocycles. The molecule has 0 aliphatic rings. The number of hydrogen-bond acceptors (Lipinski definition) is 4. The van der Waals surface area contributed by atoms with Crippen LogP contribution in [0.1, 0.15) is 15.9 Å². The van der Waals surface area contributed by atoms with Gasteiger partial charge in [-0.2, -0.15) is 0 Å². The number of halogens is 1. The van der Waals surface area contributed by atoms with Gasteiger partial charge in [0.15, 0.2) is 0 Å². The maximum absolute atomic E-state index is 12.5. The Bertz CT molecular complexity index is 911. The van der Waals surface area contributed by atoms with Gasteiger partial charge in [0.1, 0.15) is 5.75 Å². The van der Waals surface area contributed by atoms with Crippen molar-refractivity contribution in [3.8, 4) is 5.75 Å². The van der Waals surface area contributed by atoms with Crippen molar-refractivity contribution in [2.24, 2.45) is 0 Å². The number of ether oxygens (including phenoxy) is 1. The van der Waals surface area contributed by atoms with Gasteiger partial charge < -0.3 is 10.1 Å². The molecule has 0 heterocycles. The highest BCUT2D eigenvalue weighted by atomic mass is 79.9. The van der Waals surface area contributed by atoms with Gasteiger partial charge in [-0.05, 0) is 58.7 Å². The van der Waals surface area contributed by atoms with Crippen LogP contribution in [0, 0.1) is 6.92 Å². The second-order valence-corrected chi connectivity index (χ2v) is 8.54. The molecule has 1 N–H and O–H groups in total. The summed E-state index contributed by atoms with van der Waals surface area (Å²) >= 11 is 3.33. The number of hydrogen-bond donors (Lipinski definition) is 1. The number of carbonyl (C=O) groups is 1. The monoisotopic (exact) mass is 426 g/mol. The predicted molar refractivity (Wildman–Crippen MR) is 101 cm³/mol. The van der Waals surface area contributed by atoms with Crippen molar-refractivity contribution in [3.05, 3.63) is 52.0 Å². The molecular formula is C17H19BrN2O4S. The Balaban J connectivity index is 2.37. The van der Waals surface area contributed by atoms with Crippen molar-refractivity contribution < 1.29 is 17.9 Å². The summed E-state index contributed by atoms with van der Waals surface area (Å²) in [6, 6.07) is 9.82. The molecule has 0 atom stereocenters. The average molecular weight is 427 g/mol. The Labute approximate surface area is 156 Å². The van der Waals surface area contributed by atoms with Gasteiger partial charge in [0.25, 0.3) is 5.91 Å². The van der Waals surface area contributed by atoms with Crippen LogP contribution < -0.4 is 10.1 Å². The number of methoxy groups -OCH3 is 1. The fraction of sp³-hybridized carbons (Fsp3) is 0.235. The molecule has 2 rings (SSSR count). The van der Waals surface area contributed by atoms with E-state index in [-0.39, 0.29) is 10.8 Å². The number of nitrogens with zero attached hydrogens (tertiary/aromatic N) is 1. The Morgan fingerprint density at radius 3 is 2.44 bits per heavy atom. The normalized spacial score (nSPS) is 11.4. The molecule has 25 heavy (non-hydrogen) atoms. The summed E-state index contributed by atoms with van der Waals surface area (Å²) in [5.41, 5.74) is 1.39. The highest BCUT2D eigenvalue weighted by molar-refractivity contribution is 9.10. The Hall–Kier alpha value is -1.90. The van der Waals surface area contributed by atoms with Crippen LogP contribution in [0.25, 0.3) is 0 Å². The second-order valence-electron chi connectivity index (χ2n) is 5.57. The minimum atomic E-state index is -3.60. The Kier molecular flexibility index (Phi) is 5.87. The third kappa shape index (κ3) is 4.20. The quantitative estimate of drug-likeness (QED) is 0.795. The van der Waals surface area contributed by atoms with E-state index in [0.717, 1.165) is 4.31 Å². The van der Waals surface area contributed by atoms with Crippen molar-refractivity contribution in [1.29, 1.82) is 0 Å². The van der Waals surface area contributed by atoms with Gasteiger partial charge in [-0.3, -0.25) is 4.79 Å². The number of nitrogens with one attached hydrogen (secondary N) is 1. The molecule has 8 heteroatoms. The van der Waals surface area contributed by atoms with E-state index in [1.54, 1.807) is 37.3 Å². The fourth-order valence-electron chi connectivity index (χ4n) is 2.16. The zero-order valence-corrected chi connectivity index (χ0v) is 16.7. The molecule has 1 amide bonds. The molecule has 0 aliphatic carbocycles.